The molecule has 0 spiro atoms. The number of alkyl halides is 5. The summed E-state index contributed by atoms with van der Waals surface area (Å²) in [5, 5.41) is 10.4. The number of nitro groups is 1. The second-order valence-electron chi connectivity index (χ2n) is 3.00. The van der Waals surface area contributed by atoms with Gasteiger partial charge in [0.05, 0.1) is 9.40 Å². The van der Waals surface area contributed by atoms with E-state index in [-0.39, 0.29) is 10.5 Å². The minimum Gasteiger partial charge on any atom is -0.258 e. The molecule has 0 atom stereocenters. The zero-order chi connectivity index (χ0) is 13.4. The molecule has 94 valence electrons. The van der Waals surface area contributed by atoms with Crippen LogP contribution in [0, 0.1) is 10.1 Å². The fraction of sp³-hybridized carbons (Fsp3) is 0.250. The summed E-state index contributed by atoms with van der Waals surface area (Å²) in [6, 6.07) is 1.44. The van der Waals surface area contributed by atoms with Gasteiger partial charge in [-0.2, -0.15) is 22.0 Å². The van der Waals surface area contributed by atoms with Crippen molar-refractivity contribution < 1.29 is 26.9 Å². The standard InChI is InChI=1S/C8H3BrF5NO2/c9-5-2-1-4(3-6(5)15(16)17)7(10,11)8(12,13)14/h1-3H. The first-order valence-electron chi connectivity index (χ1n) is 3.96. The van der Waals surface area contributed by atoms with Gasteiger partial charge in [-0.05, 0) is 22.0 Å². The van der Waals surface area contributed by atoms with E-state index >= 15 is 0 Å². The van der Waals surface area contributed by atoms with Gasteiger partial charge in [0.15, 0.2) is 0 Å². The largest absolute Gasteiger partial charge is 0.458 e. The smallest absolute Gasteiger partial charge is 0.258 e. The van der Waals surface area contributed by atoms with E-state index in [1.54, 1.807) is 0 Å². The summed E-state index contributed by atoms with van der Waals surface area (Å²) in [6.07, 6.45) is -5.80. The van der Waals surface area contributed by atoms with Crippen LogP contribution in [-0.2, 0) is 5.92 Å². The molecule has 1 rings (SSSR count). The lowest BCUT2D eigenvalue weighted by Crippen LogP contribution is -2.33. The van der Waals surface area contributed by atoms with Gasteiger partial charge in [0.1, 0.15) is 0 Å². The van der Waals surface area contributed by atoms with Gasteiger partial charge in [0, 0.05) is 11.6 Å². The van der Waals surface area contributed by atoms with Crippen molar-refractivity contribution in [2.24, 2.45) is 0 Å². The van der Waals surface area contributed by atoms with Crippen molar-refractivity contribution in [1.82, 2.24) is 0 Å². The summed E-state index contributed by atoms with van der Waals surface area (Å²) in [7, 11) is 0. The molecule has 0 bridgehead atoms. The van der Waals surface area contributed by atoms with Crippen LogP contribution < -0.4 is 0 Å². The Morgan fingerprint density at radius 2 is 1.71 bits per heavy atom. The number of halogens is 6. The van der Waals surface area contributed by atoms with Crippen molar-refractivity contribution in [1.29, 1.82) is 0 Å². The van der Waals surface area contributed by atoms with E-state index in [2.05, 4.69) is 15.9 Å². The third kappa shape index (κ3) is 2.54. The number of hydrogen-bond acceptors (Lipinski definition) is 2. The highest BCUT2D eigenvalue weighted by Gasteiger charge is 2.59. The number of hydrogen-bond donors (Lipinski definition) is 0. The highest BCUT2D eigenvalue weighted by Crippen LogP contribution is 2.45. The Morgan fingerprint density at radius 1 is 1.18 bits per heavy atom. The molecule has 0 saturated carbocycles. The first-order chi connectivity index (χ1) is 7.57. The predicted molar refractivity (Wildman–Crippen MR) is 50.7 cm³/mol. The maximum absolute atomic E-state index is 12.9. The Kier molecular flexibility index (Phi) is 3.42. The summed E-state index contributed by atoms with van der Waals surface area (Å²) < 4.78 is 61.6. The number of nitro benzene ring substituents is 1. The van der Waals surface area contributed by atoms with Crippen LogP contribution in [-0.4, -0.2) is 11.1 Å². The van der Waals surface area contributed by atoms with Crippen molar-refractivity contribution in [3.05, 3.63) is 38.3 Å². The molecule has 0 aliphatic carbocycles. The van der Waals surface area contributed by atoms with Crippen LogP contribution in [0.3, 0.4) is 0 Å². The molecule has 0 heterocycles. The van der Waals surface area contributed by atoms with E-state index in [9.17, 15) is 32.1 Å². The average molecular weight is 320 g/mol. The monoisotopic (exact) mass is 319 g/mol. The Morgan fingerprint density at radius 3 is 2.12 bits per heavy atom. The van der Waals surface area contributed by atoms with Crippen LogP contribution >= 0.6 is 15.9 Å². The third-order valence-corrected chi connectivity index (χ3v) is 2.53. The molecular formula is C8H3BrF5NO2. The molecule has 1 aromatic carbocycles. The van der Waals surface area contributed by atoms with Crippen LogP contribution in [0.25, 0.3) is 0 Å². The lowest BCUT2D eigenvalue weighted by atomic mass is 10.1. The second kappa shape index (κ2) is 4.21. The molecule has 0 N–H and O–H groups in total. The van der Waals surface area contributed by atoms with Gasteiger partial charge in [-0.15, -0.1) is 0 Å². The Labute approximate surface area is 99.5 Å². The van der Waals surface area contributed by atoms with Crippen LogP contribution in [0.5, 0.6) is 0 Å². The van der Waals surface area contributed by atoms with Gasteiger partial charge in [0.2, 0.25) is 0 Å². The van der Waals surface area contributed by atoms with Crippen molar-refractivity contribution in [2.75, 3.05) is 0 Å². The first kappa shape index (κ1) is 13.8. The molecular weight excluding hydrogens is 317 g/mol. The topological polar surface area (TPSA) is 43.1 Å². The summed E-state index contributed by atoms with van der Waals surface area (Å²) >= 11 is 2.68. The Bertz CT molecular complexity index is 460. The van der Waals surface area contributed by atoms with E-state index in [4.69, 9.17) is 0 Å². The lowest BCUT2D eigenvalue weighted by Gasteiger charge is -2.19. The molecule has 0 aliphatic heterocycles. The van der Waals surface area contributed by atoms with Gasteiger partial charge >= 0.3 is 12.1 Å². The molecule has 0 fully saturated rings. The van der Waals surface area contributed by atoms with E-state index in [1.807, 2.05) is 0 Å². The normalized spacial score (nSPS) is 12.6. The fourth-order valence-corrected chi connectivity index (χ4v) is 1.40. The molecule has 0 unspecified atom stereocenters. The van der Waals surface area contributed by atoms with Gasteiger partial charge in [0.25, 0.3) is 5.69 Å². The third-order valence-electron chi connectivity index (χ3n) is 1.86. The minimum atomic E-state index is -5.80. The predicted octanol–water partition coefficient (Wildman–Crippen LogP) is 4.01. The van der Waals surface area contributed by atoms with Crippen LogP contribution in [0.15, 0.2) is 22.7 Å². The lowest BCUT2D eigenvalue weighted by molar-refractivity contribution is -0.386. The van der Waals surface area contributed by atoms with Crippen molar-refractivity contribution in [3.8, 4) is 0 Å². The van der Waals surface area contributed by atoms with Gasteiger partial charge in [-0.25, -0.2) is 0 Å². The highest BCUT2D eigenvalue weighted by atomic mass is 79.9. The summed E-state index contributed by atoms with van der Waals surface area (Å²) in [6.45, 7) is 0. The SMILES string of the molecule is O=[N+]([O-])c1cc(C(F)(F)C(F)(F)F)ccc1Br. The maximum atomic E-state index is 12.9. The van der Waals surface area contributed by atoms with E-state index in [0.29, 0.717) is 6.07 Å². The average Bonchev–Trinajstić information content (AvgIpc) is 2.15. The maximum Gasteiger partial charge on any atom is 0.458 e. The highest BCUT2D eigenvalue weighted by molar-refractivity contribution is 9.10. The van der Waals surface area contributed by atoms with Gasteiger partial charge < -0.3 is 0 Å². The number of benzene rings is 1. The number of rotatable bonds is 2. The van der Waals surface area contributed by atoms with Gasteiger partial charge in [-0.1, -0.05) is 6.07 Å². The van der Waals surface area contributed by atoms with Crippen molar-refractivity contribution in [2.45, 2.75) is 12.1 Å². The quantitative estimate of drug-likeness (QED) is 0.469. The number of nitrogens with zero attached hydrogens (tertiary/aromatic N) is 1. The summed E-state index contributed by atoms with van der Waals surface area (Å²) in [4.78, 5) is 9.34. The summed E-state index contributed by atoms with van der Waals surface area (Å²) in [5.74, 6) is -5.13. The Balaban J connectivity index is 3.35. The van der Waals surface area contributed by atoms with Crippen LogP contribution in [0.1, 0.15) is 5.56 Å². The van der Waals surface area contributed by atoms with E-state index in [1.165, 1.54) is 0 Å². The van der Waals surface area contributed by atoms with Crippen molar-refractivity contribution in [3.63, 3.8) is 0 Å². The molecule has 0 aliphatic rings. The van der Waals surface area contributed by atoms with Gasteiger partial charge in [-0.3, -0.25) is 10.1 Å². The molecule has 0 radical (unpaired) electrons. The fourth-order valence-electron chi connectivity index (χ4n) is 1.01. The van der Waals surface area contributed by atoms with Crippen molar-refractivity contribution >= 4 is 21.6 Å². The molecule has 9 heteroatoms. The molecule has 0 amide bonds. The van der Waals surface area contributed by atoms with E-state index < -0.39 is 28.3 Å². The van der Waals surface area contributed by atoms with Crippen LogP contribution in [0.4, 0.5) is 27.6 Å². The first-order valence-corrected chi connectivity index (χ1v) is 4.75. The van der Waals surface area contributed by atoms with E-state index in [0.717, 1.165) is 6.07 Å². The minimum absolute atomic E-state index is 0.177. The molecule has 0 saturated heterocycles. The molecule has 0 aromatic heterocycles. The molecule has 1 aromatic rings. The second-order valence-corrected chi connectivity index (χ2v) is 3.85. The molecule has 3 nitrogen and oxygen atoms in total. The molecule has 17 heavy (non-hydrogen) atoms. The zero-order valence-electron chi connectivity index (χ0n) is 7.76. The summed E-state index contributed by atoms with van der Waals surface area (Å²) in [5.41, 5.74) is -2.33. The van der Waals surface area contributed by atoms with Crippen LogP contribution in [0.2, 0.25) is 0 Å². The Hall–Kier alpha value is -1.25. The zero-order valence-corrected chi connectivity index (χ0v) is 9.35.